The summed E-state index contributed by atoms with van der Waals surface area (Å²) in [6.07, 6.45) is -0.661. The molecule has 1 heterocycles. The first kappa shape index (κ1) is 17.9. The molecule has 2 aromatic carbocycles. The van der Waals surface area contributed by atoms with Crippen LogP contribution in [0.5, 0.6) is 23.0 Å². The summed E-state index contributed by atoms with van der Waals surface area (Å²) in [5.74, 6) is 2.34. The van der Waals surface area contributed by atoms with Gasteiger partial charge in [0.15, 0.2) is 29.1 Å². The maximum Gasteiger partial charge on any atom is 0.261 e. The highest BCUT2D eigenvalue weighted by atomic mass is 16.6. The van der Waals surface area contributed by atoms with Crippen molar-refractivity contribution in [1.82, 2.24) is 5.32 Å². The monoisotopic (exact) mass is 357 g/mol. The fourth-order valence-electron chi connectivity index (χ4n) is 2.70. The van der Waals surface area contributed by atoms with Crippen LogP contribution in [0, 0.1) is 0 Å². The van der Waals surface area contributed by atoms with E-state index in [1.165, 1.54) is 0 Å². The summed E-state index contributed by atoms with van der Waals surface area (Å²) in [4.78, 5) is 12.5. The van der Waals surface area contributed by atoms with Gasteiger partial charge in [0.2, 0.25) is 0 Å². The molecule has 26 heavy (non-hydrogen) atoms. The second-order valence-electron chi connectivity index (χ2n) is 6.04. The topological polar surface area (TPSA) is 66.0 Å². The van der Waals surface area contributed by atoms with Crippen molar-refractivity contribution in [1.29, 1.82) is 0 Å². The second kappa shape index (κ2) is 7.99. The third-order valence-corrected chi connectivity index (χ3v) is 4.17. The molecule has 0 spiro atoms. The van der Waals surface area contributed by atoms with E-state index in [4.69, 9.17) is 18.9 Å². The van der Waals surface area contributed by atoms with E-state index in [9.17, 15) is 4.79 Å². The van der Waals surface area contributed by atoms with Crippen LogP contribution in [0.15, 0.2) is 42.5 Å². The van der Waals surface area contributed by atoms with E-state index < -0.39 is 6.10 Å². The Hall–Kier alpha value is -2.89. The molecule has 2 unspecified atom stereocenters. The predicted octanol–water partition coefficient (Wildman–Crippen LogP) is 3.11. The molecule has 0 aromatic heterocycles. The Kier molecular flexibility index (Phi) is 5.51. The standard InChI is InChI=1S/C20H23NO5/c1-13(15-8-9-17-19(12-15)25-11-10-24-17)21-20(22)14(2)26-18-7-5-4-6-16(18)23-3/h4-9,12-14H,10-11H2,1-3H3,(H,21,22). The van der Waals surface area contributed by atoms with Gasteiger partial charge in [-0.1, -0.05) is 18.2 Å². The van der Waals surface area contributed by atoms with Crippen molar-refractivity contribution in [3.8, 4) is 23.0 Å². The number of fused-ring (bicyclic) bond motifs is 1. The summed E-state index contributed by atoms with van der Waals surface area (Å²) in [7, 11) is 1.57. The minimum absolute atomic E-state index is 0.193. The normalized spacial score (nSPS) is 14.9. The van der Waals surface area contributed by atoms with Crippen LogP contribution in [-0.2, 0) is 4.79 Å². The number of rotatable bonds is 6. The number of para-hydroxylation sites is 2. The summed E-state index contributed by atoms with van der Waals surface area (Å²) in [6.45, 7) is 4.70. The van der Waals surface area contributed by atoms with Crippen LogP contribution in [0.25, 0.3) is 0 Å². The lowest BCUT2D eigenvalue weighted by Gasteiger charge is -2.22. The predicted molar refractivity (Wildman–Crippen MR) is 97.1 cm³/mol. The van der Waals surface area contributed by atoms with Crippen molar-refractivity contribution in [2.75, 3.05) is 20.3 Å². The average molecular weight is 357 g/mol. The molecule has 3 rings (SSSR count). The van der Waals surface area contributed by atoms with Crippen LogP contribution in [0.4, 0.5) is 0 Å². The van der Waals surface area contributed by atoms with Gasteiger partial charge in [-0.3, -0.25) is 4.79 Å². The number of carbonyl (C=O) groups excluding carboxylic acids is 1. The van der Waals surface area contributed by atoms with E-state index >= 15 is 0 Å². The molecule has 0 saturated carbocycles. The largest absolute Gasteiger partial charge is 0.493 e. The summed E-state index contributed by atoms with van der Waals surface area (Å²) < 4.78 is 22.1. The van der Waals surface area contributed by atoms with Crippen LogP contribution in [-0.4, -0.2) is 32.3 Å². The Morgan fingerprint density at radius 3 is 2.46 bits per heavy atom. The van der Waals surface area contributed by atoms with E-state index in [2.05, 4.69) is 5.32 Å². The number of carbonyl (C=O) groups is 1. The summed E-state index contributed by atoms with van der Waals surface area (Å²) in [6, 6.07) is 12.7. The van der Waals surface area contributed by atoms with Crippen molar-refractivity contribution in [2.24, 2.45) is 0 Å². The Morgan fingerprint density at radius 2 is 1.73 bits per heavy atom. The van der Waals surface area contributed by atoms with Crippen molar-refractivity contribution >= 4 is 5.91 Å². The second-order valence-corrected chi connectivity index (χ2v) is 6.04. The fraction of sp³-hybridized carbons (Fsp3) is 0.350. The molecule has 6 heteroatoms. The van der Waals surface area contributed by atoms with E-state index in [0.29, 0.717) is 30.5 Å². The number of methoxy groups -OCH3 is 1. The lowest BCUT2D eigenvalue weighted by atomic mass is 10.1. The first-order chi connectivity index (χ1) is 12.6. The number of benzene rings is 2. The van der Waals surface area contributed by atoms with Crippen molar-refractivity contribution in [3.05, 3.63) is 48.0 Å². The Bertz CT molecular complexity index is 777. The molecule has 2 atom stereocenters. The highest BCUT2D eigenvalue weighted by Gasteiger charge is 2.20. The lowest BCUT2D eigenvalue weighted by Crippen LogP contribution is -2.37. The van der Waals surface area contributed by atoms with Crippen LogP contribution < -0.4 is 24.3 Å². The summed E-state index contributed by atoms with van der Waals surface area (Å²) in [5.41, 5.74) is 0.937. The van der Waals surface area contributed by atoms with Gasteiger partial charge in [-0.15, -0.1) is 0 Å². The number of ether oxygens (including phenoxy) is 4. The molecule has 0 radical (unpaired) electrons. The van der Waals surface area contributed by atoms with Gasteiger partial charge in [0.1, 0.15) is 13.2 Å². The smallest absolute Gasteiger partial charge is 0.261 e. The fourth-order valence-corrected chi connectivity index (χ4v) is 2.70. The number of nitrogens with one attached hydrogen (secondary N) is 1. The molecule has 6 nitrogen and oxygen atoms in total. The molecular weight excluding hydrogens is 334 g/mol. The highest BCUT2D eigenvalue weighted by molar-refractivity contribution is 5.81. The van der Waals surface area contributed by atoms with Gasteiger partial charge in [-0.05, 0) is 43.7 Å². The quantitative estimate of drug-likeness (QED) is 0.860. The molecular formula is C20H23NO5. The number of hydrogen-bond acceptors (Lipinski definition) is 5. The third kappa shape index (κ3) is 4.02. The average Bonchev–Trinajstić information content (AvgIpc) is 2.67. The molecule has 0 fully saturated rings. The van der Waals surface area contributed by atoms with Crippen LogP contribution in [0.3, 0.4) is 0 Å². The maximum absolute atomic E-state index is 12.5. The third-order valence-electron chi connectivity index (χ3n) is 4.17. The van der Waals surface area contributed by atoms with E-state index in [0.717, 1.165) is 11.3 Å². The Morgan fingerprint density at radius 1 is 1.04 bits per heavy atom. The molecule has 138 valence electrons. The molecule has 1 N–H and O–H groups in total. The van der Waals surface area contributed by atoms with E-state index in [1.54, 1.807) is 26.2 Å². The van der Waals surface area contributed by atoms with Crippen molar-refractivity contribution in [2.45, 2.75) is 26.0 Å². The molecule has 1 aliphatic heterocycles. The van der Waals surface area contributed by atoms with Gasteiger partial charge in [0.25, 0.3) is 5.91 Å². The summed E-state index contributed by atoms with van der Waals surface area (Å²) >= 11 is 0. The Labute approximate surface area is 153 Å². The van der Waals surface area contributed by atoms with Crippen molar-refractivity contribution in [3.63, 3.8) is 0 Å². The molecule has 2 aromatic rings. The molecule has 0 saturated heterocycles. The molecule has 0 aliphatic carbocycles. The highest BCUT2D eigenvalue weighted by Crippen LogP contribution is 2.32. The molecule has 1 aliphatic rings. The van der Waals surface area contributed by atoms with Crippen LogP contribution >= 0.6 is 0 Å². The zero-order valence-corrected chi connectivity index (χ0v) is 15.2. The van der Waals surface area contributed by atoms with Gasteiger partial charge >= 0.3 is 0 Å². The zero-order valence-electron chi connectivity index (χ0n) is 15.2. The van der Waals surface area contributed by atoms with Crippen molar-refractivity contribution < 1.29 is 23.7 Å². The zero-order chi connectivity index (χ0) is 18.5. The first-order valence-electron chi connectivity index (χ1n) is 8.58. The lowest BCUT2D eigenvalue weighted by molar-refractivity contribution is -0.127. The van der Waals surface area contributed by atoms with Gasteiger partial charge in [-0.25, -0.2) is 0 Å². The minimum atomic E-state index is -0.661. The van der Waals surface area contributed by atoms with Gasteiger partial charge in [-0.2, -0.15) is 0 Å². The minimum Gasteiger partial charge on any atom is -0.493 e. The van der Waals surface area contributed by atoms with E-state index in [1.807, 2.05) is 37.3 Å². The molecule has 1 amide bonds. The van der Waals surface area contributed by atoms with Crippen LogP contribution in [0.2, 0.25) is 0 Å². The Balaban J connectivity index is 1.63. The first-order valence-corrected chi connectivity index (χ1v) is 8.58. The van der Waals surface area contributed by atoms with Gasteiger partial charge < -0.3 is 24.3 Å². The number of amides is 1. The van der Waals surface area contributed by atoms with Gasteiger partial charge in [0, 0.05) is 0 Å². The van der Waals surface area contributed by atoms with Gasteiger partial charge in [0.05, 0.1) is 13.2 Å². The summed E-state index contributed by atoms with van der Waals surface area (Å²) in [5, 5.41) is 2.96. The van der Waals surface area contributed by atoms with Crippen LogP contribution in [0.1, 0.15) is 25.5 Å². The molecule has 0 bridgehead atoms. The maximum atomic E-state index is 12.5. The van der Waals surface area contributed by atoms with E-state index in [-0.39, 0.29) is 11.9 Å². The SMILES string of the molecule is COc1ccccc1OC(C)C(=O)NC(C)c1ccc2c(c1)OCCO2. The number of hydrogen-bond donors (Lipinski definition) is 1.